The lowest BCUT2D eigenvalue weighted by molar-refractivity contribution is -0.143. The Labute approximate surface area is 188 Å². The summed E-state index contributed by atoms with van der Waals surface area (Å²) >= 11 is 0. The molecule has 0 saturated carbocycles. The van der Waals surface area contributed by atoms with Crippen molar-refractivity contribution in [1.82, 2.24) is 14.4 Å². The van der Waals surface area contributed by atoms with Gasteiger partial charge in [-0.1, -0.05) is 57.5 Å². The Morgan fingerprint density at radius 1 is 1.00 bits per heavy atom. The van der Waals surface area contributed by atoms with Gasteiger partial charge < -0.3 is 14.4 Å². The molecule has 0 fully saturated rings. The Morgan fingerprint density at radius 2 is 1.71 bits per heavy atom. The molecule has 2 aromatic rings. The van der Waals surface area contributed by atoms with Gasteiger partial charge in [-0.3, -0.25) is 9.59 Å². The summed E-state index contributed by atoms with van der Waals surface area (Å²) < 4.78 is 2.05. The van der Waals surface area contributed by atoms with Crippen LogP contribution in [0.2, 0.25) is 0 Å². The van der Waals surface area contributed by atoms with E-state index in [1.165, 1.54) is 0 Å². The highest BCUT2D eigenvalue weighted by atomic mass is 16.2. The number of carbonyl (C=O) groups excluding carboxylic acids is 2. The van der Waals surface area contributed by atoms with Crippen LogP contribution in [0.15, 0.2) is 48.7 Å². The minimum absolute atomic E-state index is 0.0114. The Kier molecular flexibility index (Phi) is 9.83. The first kappa shape index (κ1) is 24.7. The van der Waals surface area contributed by atoms with Crippen molar-refractivity contribution in [2.75, 3.05) is 13.1 Å². The molecule has 1 aromatic heterocycles. The van der Waals surface area contributed by atoms with Gasteiger partial charge in [-0.25, -0.2) is 0 Å². The van der Waals surface area contributed by atoms with Crippen LogP contribution in [0.25, 0.3) is 0 Å². The molecule has 0 radical (unpaired) electrons. The fourth-order valence-electron chi connectivity index (χ4n) is 3.85. The molecule has 31 heavy (non-hydrogen) atoms. The molecule has 1 aromatic carbocycles. The third kappa shape index (κ3) is 6.71. The van der Waals surface area contributed by atoms with Gasteiger partial charge in [-0.15, -0.1) is 0 Å². The van der Waals surface area contributed by atoms with E-state index in [4.69, 9.17) is 0 Å². The summed E-state index contributed by atoms with van der Waals surface area (Å²) in [6, 6.07) is 14.0. The highest BCUT2D eigenvalue weighted by molar-refractivity contribution is 5.88. The van der Waals surface area contributed by atoms with Crippen molar-refractivity contribution in [2.45, 2.75) is 71.9 Å². The Morgan fingerprint density at radius 3 is 2.26 bits per heavy atom. The SMILES string of the molecule is CCCCN(Cc1cccn1C)C(=O)CN(C(=O)[C@H](CC)c1ccccc1)[C@H](C)CC. The van der Waals surface area contributed by atoms with Crippen molar-refractivity contribution in [3.05, 3.63) is 59.9 Å². The predicted octanol–water partition coefficient (Wildman–Crippen LogP) is 4.97. The normalized spacial score (nSPS) is 12.9. The number of benzene rings is 1. The molecule has 0 N–H and O–H groups in total. The van der Waals surface area contributed by atoms with Crippen LogP contribution in [0.5, 0.6) is 0 Å². The van der Waals surface area contributed by atoms with Crippen LogP contribution in [0.4, 0.5) is 0 Å². The average Bonchev–Trinajstić information content (AvgIpc) is 3.19. The lowest BCUT2D eigenvalue weighted by atomic mass is 9.94. The third-order valence-corrected chi connectivity index (χ3v) is 6.16. The summed E-state index contributed by atoms with van der Waals surface area (Å²) in [4.78, 5) is 30.7. The second-order valence-electron chi connectivity index (χ2n) is 8.37. The third-order valence-electron chi connectivity index (χ3n) is 6.16. The van der Waals surface area contributed by atoms with Crippen molar-refractivity contribution in [2.24, 2.45) is 7.05 Å². The van der Waals surface area contributed by atoms with Gasteiger partial charge in [0.05, 0.1) is 12.5 Å². The molecule has 0 aliphatic carbocycles. The summed E-state index contributed by atoms with van der Waals surface area (Å²) in [5, 5.41) is 0. The predicted molar refractivity (Wildman–Crippen MR) is 127 cm³/mol. The van der Waals surface area contributed by atoms with Crippen molar-refractivity contribution >= 4 is 11.8 Å². The second kappa shape index (κ2) is 12.3. The summed E-state index contributed by atoms with van der Waals surface area (Å²) in [6.07, 6.45) is 5.51. The molecular formula is C26H39N3O2. The number of hydrogen-bond donors (Lipinski definition) is 0. The van der Waals surface area contributed by atoms with E-state index >= 15 is 0 Å². The molecule has 0 saturated heterocycles. The monoisotopic (exact) mass is 425 g/mol. The van der Waals surface area contributed by atoms with Crippen molar-refractivity contribution in [3.8, 4) is 0 Å². The van der Waals surface area contributed by atoms with E-state index < -0.39 is 0 Å². The maximum absolute atomic E-state index is 13.6. The van der Waals surface area contributed by atoms with Crippen LogP contribution in [-0.4, -0.2) is 45.3 Å². The summed E-state index contributed by atoms with van der Waals surface area (Å²) in [7, 11) is 2.00. The quantitative estimate of drug-likeness (QED) is 0.482. The van der Waals surface area contributed by atoms with Crippen molar-refractivity contribution in [3.63, 3.8) is 0 Å². The smallest absolute Gasteiger partial charge is 0.242 e. The maximum atomic E-state index is 13.6. The van der Waals surface area contributed by atoms with Crippen LogP contribution >= 0.6 is 0 Å². The van der Waals surface area contributed by atoms with Gasteiger partial charge in [0.1, 0.15) is 6.54 Å². The number of amides is 2. The molecule has 2 rings (SSSR count). The standard InChI is InChI=1S/C26H39N3O2/c1-6-9-18-28(19-23-16-13-17-27(23)5)25(30)20-29(21(4)7-2)26(31)24(8-3)22-14-11-10-12-15-22/h10-17,21,24H,6-9,18-20H2,1-5H3/t21-,24-/m1/s1. The first-order valence-electron chi connectivity index (χ1n) is 11.7. The van der Waals surface area contributed by atoms with Crippen molar-refractivity contribution < 1.29 is 9.59 Å². The van der Waals surface area contributed by atoms with Gasteiger partial charge in [0.2, 0.25) is 11.8 Å². The average molecular weight is 426 g/mol. The minimum Gasteiger partial charge on any atom is -0.353 e. The summed E-state index contributed by atoms with van der Waals surface area (Å²) in [6.45, 7) is 9.68. The molecule has 5 nitrogen and oxygen atoms in total. The Balaban J connectivity index is 2.22. The van der Waals surface area contributed by atoms with E-state index in [9.17, 15) is 9.59 Å². The van der Waals surface area contributed by atoms with E-state index in [1.54, 1.807) is 4.90 Å². The zero-order valence-electron chi connectivity index (χ0n) is 19.9. The van der Waals surface area contributed by atoms with E-state index in [-0.39, 0.29) is 30.3 Å². The molecule has 2 atom stereocenters. The largest absolute Gasteiger partial charge is 0.353 e. The van der Waals surface area contributed by atoms with Crippen LogP contribution in [0.1, 0.15) is 70.6 Å². The molecule has 0 bridgehead atoms. The highest BCUT2D eigenvalue weighted by Gasteiger charge is 2.30. The number of nitrogens with zero attached hydrogens (tertiary/aromatic N) is 3. The van der Waals surface area contributed by atoms with E-state index in [2.05, 4.69) is 13.8 Å². The van der Waals surface area contributed by atoms with Crippen LogP contribution in [0, 0.1) is 0 Å². The molecule has 0 unspecified atom stereocenters. The number of rotatable bonds is 12. The Hall–Kier alpha value is -2.56. The van der Waals surface area contributed by atoms with Crippen molar-refractivity contribution in [1.29, 1.82) is 0 Å². The van der Waals surface area contributed by atoms with Gasteiger partial charge in [0, 0.05) is 31.5 Å². The van der Waals surface area contributed by atoms with Gasteiger partial charge in [0.15, 0.2) is 0 Å². The number of carbonyl (C=O) groups is 2. The second-order valence-corrected chi connectivity index (χ2v) is 8.37. The summed E-state index contributed by atoms with van der Waals surface area (Å²) in [5.41, 5.74) is 2.11. The first-order valence-corrected chi connectivity index (χ1v) is 11.7. The fourth-order valence-corrected chi connectivity index (χ4v) is 3.85. The highest BCUT2D eigenvalue weighted by Crippen LogP contribution is 2.24. The lowest BCUT2D eigenvalue weighted by Crippen LogP contribution is -2.48. The molecule has 0 spiro atoms. The first-order chi connectivity index (χ1) is 14.9. The van der Waals surface area contributed by atoms with Crippen LogP contribution in [0.3, 0.4) is 0 Å². The zero-order chi connectivity index (χ0) is 22.8. The maximum Gasteiger partial charge on any atom is 0.242 e. The topological polar surface area (TPSA) is 45.6 Å². The molecule has 0 aliphatic rings. The number of hydrogen-bond acceptors (Lipinski definition) is 2. The zero-order valence-corrected chi connectivity index (χ0v) is 19.9. The molecule has 0 aliphatic heterocycles. The number of aryl methyl sites for hydroxylation is 1. The van der Waals surface area contributed by atoms with Gasteiger partial charge in [0.25, 0.3) is 0 Å². The molecule has 5 heteroatoms. The van der Waals surface area contributed by atoms with Crippen LogP contribution in [-0.2, 0) is 23.2 Å². The Bertz CT molecular complexity index is 815. The molecule has 1 heterocycles. The van der Waals surface area contributed by atoms with Crippen LogP contribution < -0.4 is 0 Å². The van der Waals surface area contributed by atoms with E-state index in [1.807, 2.05) is 79.0 Å². The summed E-state index contributed by atoms with van der Waals surface area (Å²) in [5.74, 6) is -0.156. The molecule has 170 valence electrons. The minimum atomic E-state index is -0.222. The number of unbranched alkanes of at least 4 members (excludes halogenated alkanes) is 1. The van der Waals surface area contributed by atoms with E-state index in [0.717, 1.165) is 30.5 Å². The lowest BCUT2D eigenvalue weighted by Gasteiger charge is -2.34. The van der Waals surface area contributed by atoms with E-state index in [0.29, 0.717) is 19.5 Å². The fraction of sp³-hybridized carbons (Fsp3) is 0.538. The van der Waals surface area contributed by atoms with Gasteiger partial charge in [-0.05, 0) is 43.9 Å². The molecular weight excluding hydrogens is 386 g/mol. The van der Waals surface area contributed by atoms with Gasteiger partial charge >= 0.3 is 0 Å². The molecule has 2 amide bonds. The van der Waals surface area contributed by atoms with Gasteiger partial charge in [-0.2, -0.15) is 0 Å². The number of aromatic nitrogens is 1.